The zero-order valence-electron chi connectivity index (χ0n) is 12.0. The molecule has 1 aromatic heterocycles. The summed E-state index contributed by atoms with van der Waals surface area (Å²) < 4.78 is 2.03. The van der Waals surface area contributed by atoms with Crippen molar-refractivity contribution in [1.29, 1.82) is 0 Å². The van der Waals surface area contributed by atoms with Crippen molar-refractivity contribution in [3.05, 3.63) is 29.3 Å². The molecule has 0 unspecified atom stereocenters. The second kappa shape index (κ2) is 8.02. The van der Waals surface area contributed by atoms with Crippen LogP contribution in [-0.2, 0) is 6.54 Å². The first-order chi connectivity index (χ1) is 9.72. The predicted molar refractivity (Wildman–Crippen MR) is 89.0 cm³/mol. The molecule has 0 saturated carbocycles. The van der Waals surface area contributed by atoms with Crippen molar-refractivity contribution in [3.63, 3.8) is 0 Å². The molecule has 2 rings (SSSR count). The van der Waals surface area contributed by atoms with E-state index in [1.807, 2.05) is 6.26 Å². The largest absolute Gasteiger partial charge is 0.313 e. The molecule has 0 bridgehead atoms. The summed E-state index contributed by atoms with van der Waals surface area (Å²) in [5.74, 6) is 0. The first kappa shape index (κ1) is 15.8. The third-order valence-electron chi connectivity index (χ3n) is 2.72. The van der Waals surface area contributed by atoms with Gasteiger partial charge in [0, 0.05) is 11.4 Å². The molecule has 108 valence electrons. The van der Waals surface area contributed by atoms with Gasteiger partial charge < -0.3 is 5.32 Å². The van der Waals surface area contributed by atoms with E-state index in [9.17, 15) is 0 Å². The predicted octanol–water partition coefficient (Wildman–Crippen LogP) is 4.22. The van der Waals surface area contributed by atoms with E-state index in [-0.39, 0.29) is 0 Å². The molecule has 0 saturated heterocycles. The Morgan fingerprint density at radius 1 is 1.25 bits per heavy atom. The minimum absolute atomic E-state index is 0.909. The number of hydrogen-bond acceptors (Lipinski definition) is 6. The van der Waals surface area contributed by atoms with Crippen LogP contribution in [0, 0.1) is 6.92 Å². The summed E-state index contributed by atoms with van der Waals surface area (Å²) in [4.78, 5) is 1.27. The Balaban J connectivity index is 2.12. The van der Waals surface area contributed by atoms with Gasteiger partial charge in [0.25, 0.3) is 0 Å². The van der Waals surface area contributed by atoms with E-state index < -0.39 is 0 Å². The summed E-state index contributed by atoms with van der Waals surface area (Å²) in [5, 5.41) is 11.9. The monoisotopic (exact) mass is 325 g/mol. The second-order valence-electron chi connectivity index (χ2n) is 4.43. The van der Waals surface area contributed by atoms with Gasteiger partial charge in [-0.2, -0.15) is 0 Å². The van der Waals surface area contributed by atoms with Gasteiger partial charge in [-0.1, -0.05) is 59.5 Å². The van der Waals surface area contributed by atoms with Crippen LogP contribution in [0.5, 0.6) is 0 Å². The second-order valence-corrected chi connectivity index (χ2v) is 7.75. The molecule has 0 aliphatic heterocycles. The molecule has 0 fully saturated rings. The van der Waals surface area contributed by atoms with Crippen LogP contribution in [0.4, 0.5) is 0 Å². The van der Waals surface area contributed by atoms with Gasteiger partial charge in [0.1, 0.15) is 0 Å². The van der Waals surface area contributed by atoms with Crippen molar-refractivity contribution < 1.29 is 0 Å². The summed E-state index contributed by atoms with van der Waals surface area (Å²) in [6.45, 7) is 6.28. The molecule has 0 atom stereocenters. The Kier molecular flexibility index (Phi) is 6.35. The maximum absolute atomic E-state index is 4.23. The van der Waals surface area contributed by atoms with Crippen molar-refractivity contribution in [2.24, 2.45) is 0 Å². The smallest absolute Gasteiger partial charge is 0.179 e. The molecule has 0 aliphatic rings. The van der Waals surface area contributed by atoms with Crippen LogP contribution in [0.15, 0.2) is 31.8 Å². The lowest BCUT2D eigenvalue weighted by Gasteiger charge is -2.09. The average molecular weight is 326 g/mol. The summed E-state index contributed by atoms with van der Waals surface area (Å²) in [5.41, 5.74) is 2.63. The number of nitrogens with one attached hydrogen (secondary N) is 1. The zero-order chi connectivity index (χ0) is 14.4. The molecule has 0 aliphatic carbocycles. The Labute approximate surface area is 133 Å². The molecule has 0 spiro atoms. The maximum Gasteiger partial charge on any atom is 0.179 e. The standard InChI is InChI=1S/C14H19N3S3/c1-4-7-15-9-11-8-10(2)5-6-12(11)19-14-17-16-13(18-3)20-14/h5-6,8,15H,4,7,9H2,1-3H3. The molecule has 20 heavy (non-hydrogen) atoms. The fraction of sp³-hybridized carbons (Fsp3) is 0.429. The highest BCUT2D eigenvalue weighted by molar-refractivity contribution is 8.03. The van der Waals surface area contributed by atoms with E-state index >= 15 is 0 Å². The average Bonchev–Trinajstić information content (AvgIpc) is 2.90. The van der Waals surface area contributed by atoms with Crippen LogP contribution < -0.4 is 5.32 Å². The van der Waals surface area contributed by atoms with Gasteiger partial charge >= 0.3 is 0 Å². The lowest BCUT2D eigenvalue weighted by molar-refractivity contribution is 0.669. The fourth-order valence-electron chi connectivity index (χ4n) is 1.76. The highest BCUT2D eigenvalue weighted by Gasteiger charge is 2.09. The molecular weight excluding hydrogens is 306 g/mol. The Hall–Kier alpha value is -0.560. The summed E-state index contributed by atoms with van der Waals surface area (Å²) >= 11 is 5.00. The molecule has 6 heteroatoms. The van der Waals surface area contributed by atoms with Crippen molar-refractivity contribution in [2.45, 2.75) is 40.4 Å². The fourth-order valence-corrected chi connectivity index (χ4v) is 4.27. The van der Waals surface area contributed by atoms with Gasteiger partial charge in [0.2, 0.25) is 0 Å². The summed E-state index contributed by atoms with van der Waals surface area (Å²) in [6.07, 6.45) is 3.18. The van der Waals surface area contributed by atoms with Gasteiger partial charge in [0.15, 0.2) is 8.68 Å². The van der Waals surface area contributed by atoms with Gasteiger partial charge in [0.05, 0.1) is 0 Å². The van der Waals surface area contributed by atoms with E-state index in [0.717, 1.165) is 28.2 Å². The van der Waals surface area contributed by atoms with Gasteiger partial charge in [-0.15, -0.1) is 10.2 Å². The van der Waals surface area contributed by atoms with Gasteiger partial charge in [-0.3, -0.25) is 0 Å². The zero-order valence-corrected chi connectivity index (χ0v) is 14.4. The van der Waals surface area contributed by atoms with E-state index in [0.29, 0.717) is 0 Å². The molecule has 0 amide bonds. The molecule has 1 heterocycles. The minimum atomic E-state index is 0.909. The van der Waals surface area contributed by atoms with Gasteiger partial charge in [-0.05, 0) is 37.8 Å². The number of hydrogen-bond donors (Lipinski definition) is 1. The lowest BCUT2D eigenvalue weighted by Crippen LogP contribution is -2.14. The highest BCUT2D eigenvalue weighted by atomic mass is 32.2. The number of aryl methyl sites for hydroxylation is 1. The highest BCUT2D eigenvalue weighted by Crippen LogP contribution is 2.34. The number of rotatable bonds is 7. The van der Waals surface area contributed by atoms with E-state index in [1.54, 1.807) is 34.9 Å². The van der Waals surface area contributed by atoms with Crippen LogP contribution in [0.1, 0.15) is 24.5 Å². The molecule has 1 aromatic carbocycles. The topological polar surface area (TPSA) is 37.8 Å². The molecule has 2 aromatic rings. The number of thioether (sulfide) groups is 1. The van der Waals surface area contributed by atoms with Crippen LogP contribution >= 0.6 is 34.9 Å². The molecule has 1 N–H and O–H groups in total. The van der Waals surface area contributed by atoms with Crippen LogP contribution in [0.3, 0.4) is 0 Å². The van der Waals surface area contributed by atoms with Crippen molar-refractivity contribution in [3.8, 4) is 0 Å². The lowest BCUT2D eigenvalue weighted by atomic mass is 10.1. The SMILES string of the molecule is CCCNCc1cc(C)ccc1Sc1nnc(SC)s1. The van der Waals surface area contributed by atoms with E-state index in [1.165, 1.54) is 16.0 Å². The Morgan fingerprint density at radius 2 is 2.05 bits per heavy atom. The first-order valence-corrected chi connectivity index (χ1v) is 9.44. The Bertz CT molecular complexity index is 554. The molecule has 3 nitrogen and oxygen atoms in total. The summed E-state index contributed by atoms with van der Waals surface area (Å²) in [7, 11) is 0. The number of aromatic nitrogens is 2. The number of benzene rings is 1. The Morgan fingerprint density at radius 3 is 2.75 bits per heavy atom. The molecular formula is C14H19N3S3. The van der Waals surface area contributed by atoms with Crippen molar-refractivity contribution in [1.82, 2.24) is 15.5 Å². The molecule has 0 radical (unpaired) electrons. The summed E-state index contributed by atoms with van der Waals surface area (Å²) in [6, 6.07) is 6.59. The van der Waals surface area contributed by atoms with E-state index in [4.69, 9.17) is 0 Å². The quantitative estimate of drug-likeness (QED) is 0.609. The first-order valence-electron chi connectivity index (χ1n) is 6.58. The maximum atomic E-state index is 4.23. The third-order valence-corrected chi connectivity index (χ3v) is 5.79. The third kappa shape index (κ3) is 4.48. The van der Waals surface area contributed by atoms with E-state index in [2.05, 4.69) is 47.6 Å². The van der Waals surface area contributed by atoms with Crippen LogP contribution in [-0.4, -0.2) is 23.0 Å². The van der Waals surface area contributed by atoms with Crippen LogP contribution in [0.2, 0.25) is 0 Å². The van der Waals surface area contributed by atoms with Gasteiger partial charge in [-0.25, -0.2) is 0 Å². The van der Waals surface area contributed by atoms with Crippen molar-refractivity contribution >= 4 is 34.9 Å². The van der Waals surface area contributed by atoms with Crippen molar-refractivity contribution in [2.75, 3.05) is 12.8 Å². The normalized spacial score (nSPS) is 10.9. The number of nitrogens with zero attached hydrogens (tertiary/aromatic N) is 2. The minimum Gasteiger partial charge on any atom is -0.313 e. The van der Waals surface area contributed by atoms with Crippen LogP contribution in [0.25, 0.3) is 0 Å².